The molecule has 1 saturated heterocycles. The van der Waals surface area contributed by atoms with Crippen molar-refractivity contribution in [2.45, 2.75) is 31.7 Å². The predicted octanol–water partition coefficient (Wildman–Crippen LogP) is 0.633. The normalized spacial score (nSPS) is 28.9. The molecule has 5 heteroatoms. The molecule has 20 heavy (non-hydrogen) atoms. The van der Waals surface area contributed by atoms with Gasteiger partial charge in [0.25, 0.3) is 0 Å². The Balaban J connectivity index is 1.49. The molecule has 2 aliphatic rings. The molecule has 3 unspecified atom stereocenters. The fourth-order valence-corrected chi connectivity index (χ4v) is 3.33. The Morgan fingerprint density at radius 3 is 3.20 bits per heavy atom. The maximum absolute atomic E-state index is 12.3. The largest absolute Gasteiger partial charge is 0.355 e. The molecule has 2 heterocycles. The minimum atomic E-state index is 0.104. The molecular formula is C15H22N4O. The van der Waals surface area contributed by atoms with Crippen molar-refractivity contribution in [3.05, 3.63) is 30.1 Å². The van der Waals surface area contributed by atoms with Crippen LogP contribution in [0.2, 0.25) is 0 Å². The molecule has 1 aromatic rings. The number of rotatable bonds is 4. The smallest absolute Gasteiger partial charge is 0.224 e. The van der Waals surface area contributed by atoms with Crippen molar-refractivity contribution in [2.75, 3.05) is 13.1 Å². The van der Waals surface area contributed by atoms with Gasteiger partial charge < -0.3 is 5.32 Å². The van der Waals surface area contributed by atoms with Gasteiger partial charge in [-0.1, -0.05) is 12.5 Å². The molecule has 1 aliphatic carbocycles. The van der Waals surface area contributed by atoms with Gasteiger partial charge in [-0.2, -0.15) is 0 Å². The first-order chi connectivity index (χ1) is 9.84. The summed E-state index contributed by atoms with van der Waals surface area (Å²) in [5.74, 6) is 0.898. The lowest BCUT2D eigenvalue weighted by Crippen LogP contribution is -2.48. The van der Waals surface area contributed by atoms with Crippen molar-refractivity contribution in [2.24, 2.45) is 11.8 Å². The van der Waals surface area contributed by atoms with Crippen LogP contribution in [0.5, 0.6) is 0 Å². The Kier molecular flexibility index (Phi) is 4.28. The van der Waals surface area contributed by atoms with Crippen LogP contribution in [-0.4, -0.2) is 30.0 Å². The zero-order valence-electron chi connectivity index (χ0n) is 11.6. The first-order valence-electron chi connectivity index (χ1n) is 7.50. The van der Waals surface area contributed by atoms with Gasteiger partial charge in [-0.05, 0) is 30.9 Å². The summed E-state index contributed by atoms with van der Waals surface area (Å²) in [5, 5.41) is 3.07. The van der Waals surface area contributed by atoms with E-state index in [2.05, 4.69) is 21.2 Å². The van der Waals surface area contributed by atoms with E-state index >= 15 is 0 Å². The minimum absolute atomic E-state index is 0.104. The molecule has 0 bridgehead atoms. The molecule has 1 aromatic heterocycles. The Morgan fingerprint density at radius 1 is 1.40 bits per heavy atom. The molecule has 0 radical (unpaired) electrons. The van der Waals surface area contributed by atoms with Crippen molar-refractivity contribution in [3.8, 4) is 0 Å². The number of fused-ring (bicyclic) bond motifs is 1. The van der Waals surface area contributed by atoms with Crippen molar-refractivity contribution in [1.29, 1.82) is 0 Å². The Morgan fingerprint density at radius 2 is 2.35 bits per heavy atom. The van der Waals surface area contributed by atoms with Crippen molar-refractivity contribution >= 4 is 5.91 Å². The summed E-state index contributed by atoms with van der Waals surface area (Å²) in [6.45, 7) is 1.65. The van der Waals surface area contributed by atoms with Gasteiger partial charge >= 0.3 is 0 Å². The lowest BCUT2D eigenvalue weighted by atomic mass is 9.77. The molecule has 0 spiro atoms. The number of aromatic nitrogens is 1. The molecule has 0 aromatic carbocycles. The summed E-state index contributed by atoms with van der Waals surface area (Å²) in [4.78, 5) is 16.6. The molecule has 1 amide bonds. The molecule has 3 rings (SSSR count). The third-order valence-corrected chi connectivity index (χ3v) is 4.41. The third kappa shape index (κ3) is 2.99. The van der Waals surface area contributed by atoms with E-state index < -0.39 is 0 Å². The van der Waals surface area contributed by atoms with Gasteiger partial charge in [0.2, 0.25) is 5.91 Å². The molecular weight excluding hydrogens is 252 g/mol. The Hall–Kier alpha value is -1.46. The number of nitrogens with zero attached hydrogens (tertiary/aromatic N) is 1. The van der Waals surface area contributed by atoms with Crippen LogP contribution in [0.3, 0.4) is 0 Å². The Labute approximate surface area is 119 Å². The summed E-state index contributed by atoms with van der Waals surface area (Å²) in [7, 11) is 0. The number of hydrazine groups is 1. The van der Waals surface area contributed by atoms with E-state index in [-0.39, 0.29) is 11.8 Å². The summed E-state index contributed by atoms with van der Waals surface area (Å²) in [5.41, 5.74) is 7.49. The number of hydrogen-bond donors (Lipinski definition) is 3. The van der Waals surface area contributed by atoms with Gasteiger partial charge in [-0.25, -0.2) is 0 Å². The molecule has 3 atom stereocenters. The monoisotopic (exact) mass is 274 g/mol. The quantitative estimate of drug-likeness (QED) is 0.753. The van der Waals surface area contributed by atoms with Gasteiger partial charge in [0.1, 0.15) is 0 Å². The predicted molar refractivity (Wildman–Crippen MR) is 76.7 cm³/mol. The fraction of sp³-hybridized carbons (Fsp3) is 0.600. The van der Waals surface area contributed by atoms with Crippen molar-refractivity contribution in [1.82, 2.24) is 21.2 Å². The van der Waals surface area contributed by atoms with Crippen molar-refractivity contribution < 1.29 is 4.79 Å². The summed E-state index contributed by atoms with van der Waals surface area (Å²) in [6.07, 6.45) is 5.95. The average Bonchev–Trinajstić information content (AvgIpc) is 2.96. The van der Waals surface area contributed by atoms with Gasteiger partial charge in [0, 0.05) is 37.4 Å². The average molecular weight is 274 g/mol. The maximum atomic E-state index is 12.3. The van der Waals surface area contributed by atoms with Crippen LogP contribution in [-0.2, 0) is 11.2 Å². The first kappa shape index (κ1) is 13.5. The molecule has 5 nitrogen and oxygen atoms in total. The van der Waals surface area contributed by atoms with Crippen LogP contribution < -0.4 is 16.2 Å². The fourth-order valence-electron chi connectivity index (χ4n) is 3.33. The highest BCUT2D eigenvalue weighted by Gasteiger charge is 2.39. The van der Waals surface area contributed by atoms with E-state index in [0.29, 0.717) is 18.5 Å². The number of pyridine rings is 1. The standard InChI is InChI=1S/C15H22N4O/c20-15(17-9-7-12-5-1-2-8-16-12)13-6-3-4-11-10-18-19-14(11)13/h1-2,5,8,11,13-14,18-19H,3-4,6-7,9-10H2,(H,17,20). The SMILES string of the molecule is O=C(NCCc1ccccn1)C1CCCC2CNNC21. The summed E-state index contributed by atoms with van der Waals surface area (Å²) in [6, 6.07) is 6.18. The van der Waals surface area contributed by atoms with Gasteiger partial charge in [-0.3, -0.25) is 20.6 Å². The number of nitrogens with one attached hydrogen (secondary N) is 3. The van der Waals surface area contributed by atoms with Crippen LogP contribution >= 0.6 is 0 Å². The first-order valence-corrected chi connectivity index (χ1v) is 7.50. The van der Waals surface area contributed by atoms with E-state index in [4.69, 9.17) is 0 Å². The van der Waals surface area contributed by atoms with Crippen LogP contribution in [0.15, 0.2) is 24.4 Å². The van der Waals surface area contributed by atoms with Crippen LogP contribution in [0.1, 0.15) is 25.0 Å². The summed E-state index contributed by atoms with van der Waals surface area (Å²) >= 11 is 0. The lowest BCUT2D eigenvalue weighted by molar-refractivity contribution is -0.127. The molecule has 108 valence electrons. The molecule has 2 fully saturated rings. The van der Waals surface area contributed by atoms with E-state index in [9.17, 15) is 4.79 Å². The van der Waals surface area contributed by atoms with Crippen LogP contribution in [0.25, 0.3) is 0 Å². The van der Waals surface area contributed by atoms with E-state index in [1.165, 1.54) is 6.42 Å². The maximum Gasteiger partial charge on any atom is 0.224 e. The van der Waals surface area contributed by atoms with Crippen molar-refractivity contribution in [3.63, 3.8) is 0 Å². The number of hydrogen-bond acceptors (Lipinski definition) is 4. The lowest BCUT2D eigenvalue weighted by Gasteiger charge is -2.31. The summed E-state index contributed by atoms with van der Waals surface area (Å²) < 4.78 is 0. The van der Waals surface area contributed by atoms with Crippen LogP contribution in [0, 0.1) is 11.8 Å². The van der Waals surface area contributed by atoms with Gasteiger partial charge in [0.15, 0.2) is 0 Å². The molecule has 1 aliphatic heterocycles. The van der Waals surface area contributed by atoms with E-state index in [0.717, 1.165) is 31.5 Å². The molecule has 3 N–H and O–H groups in total. The topological polar surface area (TPSA) is 66.0 Å². The number of amides is 1. The number of carbonyl (C=O) groups excluding carboxylic acids is 1. The van der Waals surface area contributed by atoms with E-state index in [1.807, 2.05) is 18.2 Å². The third-order valence-electron chi connectivity index (χ3n) is 4.41. The second-order valence-electron chi connectivity index (χ2n) is 5.71. The highest BCUT2D eigenvalue weighted by atomic mass is 16.1. The van der Waals surface area contributed by atoms with Gasteiger partial charge in [0.05, 0.1) is 5.92 Å². The highest BCUT2D eigenvalue weighted by Crippen LogP contribution is 2.31. The van der Waals surface area contributed by atoms with Crippen LogP contribution in [0.4, 0.5) is 0 Å². The second kappa shape index (κ2) is 6.33. The highest BCUT2D eigenvalue weighted by molar-refractivity contribution is 5.79. The second-order valence-corrected chi connectivity index (χ2v) is 5.71. The Bertz CT molecular complexity index is 450. The minimum Gasteiger partial charge on any atom is -0.355 e. The zero-order valence-corrected chi connectivity index (χ0v) is 11.6. The van der Waals surface area contributed by atoms with Gasteiger partial charge in [-0.15, -0.1) is 0 Å². The zero-order chi connectivity index (χ0) is 13.8. The number of carbonyl (C=O) groups is 1. The van der Waals surface area contributed by atoms with E-state index in [1.54, 1.807) is 6.20 Å². The molecule has 1 saturated carbocycles.